The van der Waals surface area contributed by atoms with Crippen LogP contribution in [0.1, 0.15) is 97.4 Å². The second kappa shape index (κ2) is 24.6. The van der Waals surface area contributed by atoms with Gasteiger partial charge in [0.1, 0.15) is 0 Å². The molecule has 14 aromatic rings. The molecule has 8 aromatic heterocycles. The third-order valence-electron chi connectivity index (χ3n) is 18.5. The largest absolute Gasteiger partial charge is 0.300 e. The van der Waals surface area contributed by atoms with Gasteiger partial charge in [-0.3, -0.25) is 0 Å². The van der Waals surface area contributed by atoms with Crippen LogP contribution >= 0.6 is 90.7 Å². The summed E-state index contributed by atoms with van der Waals surface area (Å²) in [4.78, 5) is 13.9. The van der Waals surface area contributed by atoms with Crippen molar-refractivity contribution < 1.29 is 35.1 Å². The van der Waals surface area contributed by atoms with Crippen LogP contribution in [0.3, 0.4) is 0 Å². The normalized spacial score (nSPS) is 14.6. The highest BCUT2D eigenvalue weighted by atomic mass is 32.1. The maximum absolute atomic E-state index is 16.1. The minimum absolute atomic E-state index is 0.0579. The number of thiophene rings is 8. The highest BCUT2D eigenvalue weighted by molar-refractivity contribution is 7.26. The van der Waals surface area contributed by atoms with Gasteiger partial charge in [0, 0.05) is 145 Å². The van der Waals surface area contributed by atoms with Gasteiger partial charge in [0.2, 0.25) is 0 Å². The minimum atomic E-state index is -3.25. The smallest absolute Gasteiger partial charge is 0.196 e. The van der Waals surface area contributed by atoms with E-state index in [1.54, 1.807) is 56.4 Å². The molecule has 4 aliphatic rings. The van der Waals surface area contributed by atoms with E-state index in [4.69, 9.17) is 0 Å². The Labute approximate surface area is 596 Å². The monoisotopic (exact) mass is 1450 g/mol. The Morgan fingerprint density at radius 3 is 0.878 bits per heavy atom. The molecule has 16 heteroatoms. The summed E-state index contributed by atoms with van der Waals surface area (Å²) in [5.74, 6) is -12.9. The summed E-state index contributed by atoms with van der Waals surface area (Å²) >= 11 is 11.8. The first kappa shape index (κ1) is 66.3. The number of halogens is 8. The van der Waals surface area contributed by atoms with E-state index in [1.165, 1.54) is 129 Å². The van der Waals surface area contributed by atoms with E-state index >= 15 is 35.1 Å². The number of alkyl halides is 8. The van der Waals surface area contributed by atoms with Crippen LogP contribution in [-0.4, -0.2) is 0 Å². The van der Waals surface area contributed by atoms with Gasteiger partial charge in [-0.15, -0.1) is 90.7 Å². The lowest BCUT2D eigenvalue weighted by Crippen LogP contribution is -2.16. The third-order valence-corrected chi connectivity index (χ3v) is 27.7. The van der Waals surface area contributed by atoms with Crippen LogP contribution in [0.25, 0.3) is 103 Å². The molecule has 18 rings (SSSR count). The number of aryl methyl sites for hydroxylation is 8. The molecule has 6 aromatic carbocycles. The zero-order valence-electron chi connectivity index (χ0n) is 54.6. The zero-order chi connectivity index (χ0) is 68.8. The Hall–Kier alpha value is -7.64. The Morgan fingerprint density at radius 2 is 0.510 bits per heavy atom. The molecule has 0 radical (unpaired) electrons. The summed E-state index contributed by atoms with van der Waals surface area (Å²) in [6, 6.07) is 59.0. The van der Waals surface area contributed by atoms with Gasteiger partial charge in [-0.2, -0.15) is 35.1 Å². The van der Waals surface area contributed by atoms with Gasteiger partial charge in [-0.25, -0.2) is 0 Å². The van der Waals surface area contributed by atoms with Crippen LogP contribution in [0, 0.1) is 69.2 Å². The SMILES string of the molecule is Cc1ccc(-c2ccc(-c3cc4c(s3)-c3c(C)c5c(c(C)c3C4(F)F)-c3sc(C)cc3C5(F)F)s2)cc1.Cc1ccc(-c2ccc(-c3cc4c(s3)-c3cc5c(cc3C4(F)F)-c3sc(C)cc3C5(F)F)s2)cc1.Cc1ccc(-c2ccc(C)s2)cc1.Cc1ccc(-c2ccc(C)s2)cc1. The predicted octanol–water partition coefficient (Wildman–Crippen LogP) is 28.8. The fourth-order valence-corrected chi connectivity index (χ4v) is 22.1. The molecule has 0 atom stereocenters. The van der Waals surface area contributed by atoms with Crippen molar-refractivity contribution in [1.29, 1.82) is 0 Å². The summed E-state index contributed by atoms with van der Waals surface area (Å²) in [5, 5.41) is 0. The summed E-state index contributed by atoms with van der Waals surface area (Å²) in [6.07, 6.45) is 0. The summed E-state index contributed by atoms with van der Waals surface area (Å²) in [6.45, 7) is 19.3. The maximum atomic E-state index is 16.1. The molecule has 8 heterocycles. The topological polar surface area (TPSA) is 0 Å². The molecule has 0 fully saturated rings. The van der Waals surface area contributed by atoms with Gasteiger partial charge >= 0.3 is 23.7 Å². The van der Waals surface area contributed by atoms with Crippen LogP contribution in [0.2, 0.25) is 0 Å². The fourth-order valence-electron chi connectivity index (χ4n) is 13.5. The van der Waals surface area contributed by atoms with Crippen molar-refractivity contribution in [1.82, 2.24) is 0 Å². The standard InChI is InChI=1S/C30H20F4S3.C28H16F4S3.2C12H12S/c1-13-5-7-17(8-6-13)20-9-10-21(36-20)22-12-19-28(37-22)24-16(4)25-23(15(3)26(24)30(19,33)34)27-18(29(25,31)32)11-14(2)35-27;1-13-3-5-15(6-4-13)22-7-8-23(34-22)24-12-21-26(35-24)17-11-18-16(10-19(17)28(21,31)32)25-20(27(18,29)30)9-14(2)33-25;2*1-9-3-6-11(7-4-9)12-8-5-10(2)13-12/h5-12H,1-4H3;3-12H,1-2H3;2*3-8H,1-2H3. The molecule has 0 N–H and O–H groups in total. The van der Waals surface area contributed by atoms with Gasteiger partial charge in [-0.05, 0) is 188 Å². The van der Waals surface area contributed by atoms with Crippen molar-refractivity contribution in [2.45, 2.75) is 92.9 Å². The molecule has 0 amide bonds. The van der Waals surface area contributed by atoms with Gasteiger partial charge in [0.15, 0.2) is 0 Å². The fraction of sp³-hybridized carbons (Fsp3) is 0.171. The summed E-state index contributed by atoms with van der Waals surface area (Å²) in [7, 11) is 0. The van der Waals surface area contributed by atoms with Crippen molar-refractivity contribution in [3.05, 3.63) is 279 Å². The van der Waals surface area contributed by atoms with E-state index < -0.39 is 23.7 Å². The molecule has 0 saturated heterocycles. The quantitative estimate of drug-likeness (QED) is 0.146. The van der Waals surface area contributed by atoms with E-state index in [2.05, 4.69) is 113 Å². The average Bonchev–Trinajstić information content (AvgIpc) is 1.52. The molecule has 492 valence electrons. The Kier molecular flexibility index (Phi) is 16.6. The average molecular weight is 1450 g/mol. The van der Waals surface area contributed by atoms with Crippen molar-refractivity contribution in [3.8, 4) is 103 Å². The van der Waals surface area contributed by atoms with Gasteiger partial charge < -0.3 is 0 Å². The van der Waals surface area contributed by atoms with Crippen molar-refractivity contribution in [3.63, 3.8) is 0 Å². The lowest BCUT2D eigenvalue weighted by atomic mass is 9.88. The van der Waals surface area contributed by atoms with E-state index in [9.17, 15) is 0 Å². The second-order valence-corrected chi connectivity index (χ2v) is 34.9. The highest BCUT2D eigenvalue weighted by Crippen LogP contribution is 2.66. The molecular weight excluding hydrogens is 1390 g/mol. The van der Waals surface area contributed by atoms with Crippen LogP contribution in [0.4, 0.5) is 35.1 Å². The Balaban J connectivity index is 0.000000118. The molecule has 0 unspecified atom stereocenters. The van der Waals surface area contributed by atoms with Crippen LogP contribution in [-0.2, 0) is 23.7 Å². The van der Waals surface area contributed by atoms with Crippen molar-refractivity contribution in [2.75, 3.05) is 0 Å². The van der Waals surface area contributed by atoms with Crippen LogP contribution in [0.5, 0.6) is 0 Å². The maximum Gasteiger partial charge on any atom is 0.300 e. The molecule has 0 aliphatic heterocycles. The summed E-state index contributed by atoms with van der Waals surface area (Å²) < 4.78 is 125. The lowest BCUT2D eigenvalue weighted by Gasteiger charge is -2.22. The Bertz CT molecular complexity index is 5350. The van der Waals surface area contributed by atoms with Crippen LogP contribution < -0.4 is 0 Å². The zero-order valence-corrected chi connectivity index (χ0v) is 61.1. The minimum Gasteiger partial charge on any atom is -0.196 e. The first-order chi connectivity index (χ1) is 46.6. The van der Waals surface area contributed by atoms with Gasteiger partial charge in [0.05, 0.1) is 0 Å². The van der Waals surface area contributed by atoms with E-state index in [-0.39, 0.29) is 72.3 Å². The predicted molar refractivity (Wildman–Crippen MR) is 402 cm³/mol. The molecule has 4 aliphatic carbocycles. The first-order valence-corrected chi connectivity index (χ1v) is 38.2. The van der Waals surface area contributed by atoms with Crippen molar-refractivity contribution in [2.24, 2.45) is 0 Å². The molecule has 98 heavy (non-hydrogen) atoms. The first-order valence-electron chi connectivity index (χ1n) is 31.7. The summed E-state index contributed by atoms with van der Waals surface area (Å²) in [5.41, 5.74) is 10.5. The third kappa shape index (κ3) is 11.3. The number of hydrogen-bond acceptors (Lipinski definition) is 8. The molecule has 0 nitrogen and oxygen atoms in total. The Morgan fingerprint density at radius 1 is 0.224 bits per heavy atom. The van der Waals surface area contributed by atoms with Crippen molar-refractivity contribution >= 4 is 90.7 Å². The number of rotatable bonds is 6. The second-order valence-electron chi connectivity index (χ2n) is 25.5. The number of fused-ring (bicyclic) bond motifs is 12. The van der Waals surface area contributed by atoms with E-state index in [0.717, 1.165) is 50.1 Å². The highest BCUT2D eigenvalue weighted by Gasteiger charge is 2.56. The van der Waals surface area contributed by atoms with Gasteiger partial charge in [-0.1, -0.05) is 119 Å². The van der Waals surface area contributed by atoms with E-state index in [0.29, 0.717) is 25.1 Å². The molecular formula is C82H60F8S8. The molecule has 0 spiro atoms. The number of hydrogen-bond donors (Lipinski definition) is 0. The number of benzene rings is 6. The van der Waals surface area contributed by atoms with Gasteiger partial charge in [0.25, 0.3) is 0 Å². The van der Waals surface area contributed by atoms with Crippen LogP contribution in [0.15, 0.2) is 182 Å². The lowest BCUT2D eigenvalue weighted by molar-refractivity contribution is 0.0443. The molecule has 0 bridgehead atoms. The molecule has 0 saturated carbocycles. The van der Waals surface area contributed by atoms with E-state index in [1.807, 2.05) is 97.2 Å².